The molecule has 0 bridgehead atoms. The molecule has 3 rings (SSSR count). The number of hydrogen-bond donors (Lipinski definition) is 2. The number of fused-ring (bicyclic) bond motifs is 1. The van der Waals surface area contributed by atoms with Gasteiger partial charge in [-0.05, 0) is 49.9 Å². The van der Waals surface area contributed by atoms with Gasteiger partial charge in [-0.1, -0.05) is 18.2 Å². The summed E-state index contributed by atoms with van der Waals surface area (Å²) in [7, 11) is 0. The van der Waals surface area contributed by atoms with Crippen LogP contribution in [0.2, 0.25) is 0 Å². The molecule has 1 aromatic carbocycles. The highest BCUT2D eigenvalue weighted by Gasteiger charge is 2.24. The van der Waals surface area contributed by atoms with Gasteiger partial charge in [-0.3, -0.25) is 4.79 Å². The second-order valence-corrected chi connectivity index (χ2v) is 6.76. The van der Waals surface area contributed by atoms with E-state index in [1.165, 1.54) is 23.3 Å². The van der Waals surface area contributed by atoms with Gasteiger partial charge in [0.1, 0.15) is 0 Å². The van der Waals surface area contributed by atoms with E-state index in [9.17, 15) is 4.79 Å². The smallest absolute Gasteiger partial charge is 0.220 e. The zero-order chi connectivity index (χ0) is 13.8. The predicted molar refractivity (Wildman–Crippen MR) is 82.9 cm³/mol. The zero-order valence-electron chi connectivity index (χ0n) is 11.7. The molecule has 1 amide bonds. The molecule has 2 heterocycles. The quantitative estimate of drug-likeness (QED) is 0.896. The fraction of sp³-hybridized carbons (Fsp3) is 0.562. The largest absolute Gasteiger partial charge is 0.348 e. The Bertz CT molecular complexity index is 471. The Kier molecular flexibility index (Phi) is 4.63. The van der Waals surface area contributed by atoms with Crippen LogP contribution in [0, 0.1) is 5.92 Å². The summed E-state index contributed by atoms with van der Waals surface area (Å²) < 4.78 is 0. The fourth-order valence-corrected chi connectivity index (χ4v) is 4.22. The van der Waals surface area contributed by atoms with Gasteiger partial charge in [0, 0.05) is 17.1 Å². The fourth-order valence-electron chi connectivity index (χ4n) is 3.05. The molecule has 4 heteroatoms. The van der Waals surface area contributed by atoms with Crippen LogP contribution in [0.25, 0.3) is 0 Å². The lowest BCUT2D eigenvalue weighted by Gasteiger charge is -2.22. The molecule has 2 N–H and O–H groups in total. The van der Waals surface area contributed by atoms with Gasteiger partial charge < -0.3 is 10.6 Å². The summed E-state index contributed by atoms with van der Waals surface area (Å²) in [5, 5.41) is 6.57. The third kappa shape index (κ3) is 3.36. The first kappa shape index (κ1) is 14.0. The summed E-state index contributed by atoms with van der Waals surface area (Å²) in [5.74, 6) is 1.91. The topological polar surface area (TPSA) is 41.1 Å². The summed E-state index contributed by atoms with van der Waals surface area (Å²) in [6.45, 7) is 2.22. The van der Waals surface area contributed by atoms with Crippen LogP contribution in [-0.4, -0.2) is 24.7 Å². The van der Waals surface area contributed by atoms with E-state index in [0.717, 1.165) is 31.2 Å². The lowest BCUT2D eigenvalue weighted by molar-refractivity contribution is -0.122. The van der Waals surface area contributed by atoms with E-state index in [-0.39, 0.29) is 11.9 Å². The minimum atomic E-state index is 0.205. The van der Waals surface area contributed by atoms with Crippen molar-refractivity contribution in [3.8, 4) is 0 Å². The van der Waals surface area contributed by atoms with Gasteiger partial charge in [-0.2, -0.15) is 0 Å². The van der Waals surface area contributed by atoms with Gasteiger partial charge in [0.2, 0.25) is 5.91 Å². The Balaban J connectivity index is 1.47. The maximum atomic E-state index is 12.1. The monoisotopic (exact) mass is 290 g/mol. The number of carbonyl (C=O) groups excluding carboxylic acids is 1. The van der Waals surface area contributed by atoms with Crippen LogP contribution >= 0.6 is 11.8 Å². The van der Waals surface area contributed by atoms with Crippen molar-refractivity contribution in [3.63, 3.8) is 0 Å². The lowest BCUT2D eigenvalue weighted by Crippen LogP contribution is -2.31. The van der Waals surface area contributed by atoms with Gasteiger partial charge in [0.25, 0.3) is 0 Å². The number of thioether (sulfide) groups is 1. The molecular formula is C16H22N2OS. The standard InChI is InChI=1S/C16H22N2OS/c19-16(6-5-12-7-9-17-10-8-12)18-14-11-20-15-4-2-1-3-13(14)15/h1-4,12,14,17H,5-11H2,(H,18,19). The van der Waals surface area contributed by atoms with Gasteiger partial charge in [-0.15, -0.1) is 11.8 Å². The molecule has 1 saturated heterocycles. The van der Waals surface area contributed by atoms with Crippen molar-refractivity contribution in [1.82, 2.24) is 10.6 Å². The van der Waals surface area contributed by atoms with Gasteiger partial charge in [0.05, 0.1) is 6.04 Å². The number of hydrogen-bond acceptors (Lipinski definition) is 3. The summed E-state index contributed by atoms with van der Waals surface area (Å²) >= 11 is 1.84. The number of piperidine rings is 1. The SMILES string of the molecule is O=C(CCC1CCNCC1)NC1CSc2ccccc21. The Hall–Kier alpha value is -1.00. The minimum Gasteiger partial charge on any atom is -0.348 e. The van der Waals surface area contributed by atoms with Crippen LogP contribution in [0.1, 0.15) is 37.3 Å². The Morgan fingerprint density at radius 2 is 2.10 bits per heavy atom. The molecule has 2 aliphatic heterocycles. The summed E-state index contributed by atoms with van der Waals surface area (Å²) in [6.07, 6.45) is 4.15. The predicted octanol–water partition coefficient (Wildman–Crippen LogP) is 2.73. The minimum absolute atomic E-state index is 0.205. The molecule has 20 heavy (non-hydrogen) atoms. The van der Waals surface area contributed by atoms with Crippen LogP contribution in [0.3, 0.4) is 0 Å². The Morgan fingerprint density at radius 3 is 2.95 bits per heavy atom. The van der Waals surface area contributed by atoms with Crippen molar-refractivity contribution in [1.29, 1.82) is 0 Å². The second kappa shape index (κ2) is 6.64. The Morgan fingerprint density at radius 1 is 1.30 bits per heavy atom. The number of rotatable bonds is 4. The molecule has 0 aliphatic carbocycles. The molecule has 2 aliphatic rings. The lowest BCUT2D eigenvalue weighted by atomic mass is 9.93. The van der Waals surface area contributed by atoms with Crippen LogP contribution in [0.5, 0.6) is 0 Å². The normalized spacial score (nSPS) is 22.5. The van der Waals surface area contributed by atoms with Crippen molar-refractivity contribution in [2.24, 2.45) is 5.92 Å². The van der Waals surface area contributed by atoms with Crippen molar-refractivity contribution < 1.29 is 4.79 Å². The zero-order valence-corrected chi connectivity index (χ0v) is 12.5. The van der Waals surface area contributed by atoms with E-state index in [1.54, 1.807) is 0 Å². The molecule has 1 unspecified atom stereocenters. The average Bonchev–Trinajstić information content (AvgIpc) is 2.90. The first-order valence-electron chi connectivity index (χ1n) is 7.55. The molecule has 0 spiro atoms. The highest BCUT2D eigenvalue weighted by molar-refractivity contribution is 7.99. The van der Waals surface area contributed by atoms with Crippen molar-refractivity contribution in [2.75, 3.05) is 18.8 Å². The van der Waals surface area contributed by atoms with Crippen LogP contribution in [-0.2, 0) is 4.79 Å². The molecule has 0 radical (unpaired) electrons. The molecule has 0 aromatic heterocycles. The van der Waals surface area contributed by atoms with E-state index in [2.05, 4.69) is 34.9 Å². The van der Waals surface area contributed by atoms with Crippen molar-refractivity contribution >= 4 is 17.7 Å². The Labute approximate surface area is 124 Å². The van der Waals surface area contributed by atoms with Crippen LogP contribution in [0.4, 0.5) is 0 Å². The van der Waals surface area contributed by atoms with Crippen LogP contribution < -0.4 is 10.6 Å². The molecule has 1 atom stereocenters. The highest BCUT2D eigenvalue weighted by Crippen LogP contribution is 2.37. The molecule has 3 nitrogen and oxygen atoms in total. The molecule has 1 aromatic rings. The van der Waals surface area contributed by atoms with Gasteiger partial charge in [-0.25, -0.2) is 0 Å². The number of carbonyl (C=O) groups is 1. The maximum Gasteiger partial charge on any atom is 0.220 e. The molecule has 0 saturated carbocycles. The maximum absolute atomic E-state index is 12.1. The van der Waals surface area contributed by atoms with E-state index >= 15 is 0 Å². The molecular weight excluding hydrogens is 268 g/mol. The van der Waals surface area contributed by atoms with Crippen molar-refractivity contribution in [2.45, 2.75) is 36.6 Å². The third-order valence-corrected chi connectivity index (χ3v) is 5.46. The molecule has 1 fully saturated rings. The average molecular weight is 290 g/mol. The van der Waals surface area contributed by atoms with Gasteiger partial charge in [0.15, 0.2) is 0 Å². The third-order valence-electron chi connectivity index (χ3n) is 4.27. The number of benzene rings is 1. The van der Waals surface area contributed by atoms with E-state index in [4.69, 9.17) is 0 Å². The van der Waals surface area contributed by atoms with Gasteiger partial charge >= 0.3 is 0 Å². The summed E-state index contributed by atoms with van der Waals surface area (Å²) in [6, 6.07) is 8.59. The first-order valence-corrected chi connectivity index (χ1v) is 8.53. The number of amides is 1. The van der Waals surface area contributed by atoms with Crippen molar-refractivity contribution in [3.05, 3.63) is 29.8 Å². The number of nitrogens with one attached hydrogen (secondary N) is 2. The van der Waals surface area contributed by atoms with E-state index in [1.807, 2.05) is 11.8 Å². The second-order valence-electron chi connectivity index (χ2n) is 5.70. The van der Waals surface area contributed by atoms with E-state index < -0.39 is 0 Å². The summed E-state index contributed by atoms with van der Waals surface area (Å²) in [5.41, 5.74) is 1.28. The highest BCUT2D eigenvalue weighted by atomic mass is 32.2. The first-order chi connectivity index (χ1) is 9.83. The van der Waals surface area contributed by atoms with Crippen LogP contribution in [0.15, 0.2) is 29.2 Å². The summed E-state index contributed by atoms with van der Waals surface area (Å²) in [4.78, 5) is 13.4. The molecule has 108 valence electrons. The van der Waals surface area contributed by atoms with E-state index in [0.29, 0.717) is 6.42 Å².